The Labute approximate surface area is 419 Å². The summed E-state index contributed by atoms with van der Waals surface area (Å²) in [5.41, 5.74) is 5.38. The summed E-state index contributed by atoms with van der Waals surface area (Å²) in [5.74, 6) is -0.825. The van der Waals surface area contributed by atoms with Crippen LogP contribution in [0, 0.1) is 0 Å². The van der Waals surface area contributed by atoms with Gasteiger partial charge in [-0.3, -0.25) is 18.6 Å². The Morgan fingerprint density at radius 1 is 0.456 bits per heavy atom. The van der Waals surface area contributed by atoms with Gasteiger partial charge in [-0.1, -0.05) is 254 Å². The van der Waals surface area contributed by atoms with Gasteiger partial charge in [-0.2, -0.15) is 0 Å². The molecule has 0 aromatic heterocycles. The van der Waals surface area contributed by atoms with Crippen LogP contribution < -0.4 is 5.73 Å². The highest BCUT2D eigenvalue weighted by molar-refractivity contribution is 7.47. The molecule has 0 rings (SSSR count). The van der Waals surface area contributed by atoms with E-state index >= 15 is 0 Å². The highest BCUT2D eigenvalue weighted by Gasteiger charge is 2.26. The van der Waals surface area contributed by atoms with Crippen molar-refractivity contribution >= 4 is 19.8 Å². The Hall–Kier alpha value is -2.29. The third-order valence-electron chi connectivity index (χ3n) is 12.2. The molecule has 0 saturated carbocycles. The van der Waals surface area contributed by atoms with Crippen molar-refractivity contribution in [1.82, 2.24) is 0 Å². The molecule has 2 atom stereocenters. The Bertz CT molecular complexity index is 1300. The van der Waals surface area contributed by atoms with Crippen LogP contribution in [0.25, 0.3) is 0 Å². The standard InChI is InChI=1S/C58H106NO8P/c1-3-5-7-9-11-13-15-17-19-21-23-25-27-28-29-31-33-35-37-39-41-43-45-47-49-51-58(61)67-56(55-66-68(62,63)65-53-52-59)54-64-57(60)50-48-46-44-42-40-38-36-34-32-30-26-24-22-20-18-16-14-12-10-8-6-4-2/h5,7,11,13,17,19,23,25,28-29,56H,3-4,6,8-10,12,14-16,18,20-22,24,26-27,30-55,59H2,1-2H3,(H,62,63)/b7-5-,13-11-,19-17-,25-23-,29-28-. The van der Waals surface area contributed by atoms with E-state index in [0.717, 1.165) is 77.0 Å². The topological polar surface area (TPSA) is 134 Å². The van der Waals surface area contributed by atoms with E-state index in [1.54, 1.807) is 0 Å². The fourth-order valence-corrected chi connectivity index (χ4v) is 8.78. The highest BCUT2D eigenvalue weighted by atomic mass is 31.2. The normalized spacial score (nSPS) is 13.5. The number of phosphoric ester groups is 1. The largest absolute Gasteiger partial charge is 0.472 e. The molecule has 9 nitrogen and oxygen atoms in total. The predicted molar refractivity (Wildman–Crippen MR) is 289 cm³/mol. The fraction of sp³-hybridized carbons (Fsp3) is 0.793. The number of hydrogen-bond acceptors (Lipinski definition) is 8. The van der Waals surface area contributed by atoms with Crippen molar-refractivity contribution in [3.05, 3.63) is 60.8 Å². The molecule has 3 N–H and O–H groups in total. The monoisotopic (exact) mass is 976 g/mol. The van der Waals surface area contributed by atoms with Gasteiger partial charge in [-0.15, -0.1) is 0 Å². The molecule has 0 aliphatic carbocycles. The quantitative estimate of drug-likeness (QED) is 0.0264. The molecule has 0 aliphatic heterocycles. The van der Waals surface area contributed by atoms with Gasteiger partial charge in [0.1, 0.15) is 6.61 Å². The molecule has 0 aromatic rings. The summed E-state index contributed by atoms with van der Waals surface area (Å²) in [5, 5.41) is 0. The molecule has 0 aromatic carbocycles. The second-order valence-corrected chi connectivity index (χ2v) is 20.2. The summed E-state index contributed by atoms with van der Waals surface area (Å²) in [4.78, 5) is 35.2. The molecule has 0 amide bonds. The Kier molecular flexibility index (Phi) is 52.2. The predicted octanol–water partition coefficient (Wildman–Crippen LogP) is 17.6. The number of allylic oxidation sites excluding steroid dienone is 10. The van der Waals surface area contributed by atoms with E-state index < -0.39 is 26.5 Å². The van der Waals surface area contributed by atoms with Crippen LogP contribution in [0.1, 0.15) is 264 Å². The van der Waals surface area contributed by atoms with Gasteiger partial charge in [0.2, 0.25) is 0 Å². The average molecular weight is 976 g/mol. The van der Waals surface area contributed by atoms with E-state index in [1.807, 2.05) is 0 Å². The summed E-state index contributed by atoms with van der Waals surface area (Å²) < 4.78 is 33.0. The highest BCUT2D eigenvalue weighted by Crippen LogP contribution is 2.43. The molecule has 68 heavy (non-hydrogen) atoms. The van der Waals surface area contributed by atoms with Crippen molar-refractivity contribution in [2.24, 2.45) is 5.73 Å². The number of carbonyl (C=O) groups is 2. The maximum atomic E-state index is 12.7. The molecule has 10 heteroatoms. The van der Waals surface area contributed by atoms with Gasteiger partial charge in [0.25, 0.3) is 0 Å². The summed E-state index contributed by atoms with van der Waals surface area (Å²) in [6, 6.07) is 0. The second-order valence-electron chi connectivity index (χ2n) is 18.8. The smallest absolute Gasteiger partial charge is 0.462 e. The second kappa shape index (κ2) is 54.1. The molecule has 0 spiro atoms. The number of hydrogen-bond donors (Lipinski definition) is 2. The van der Waals surface area contributed by atoms with E-state index in [2.05, 4.69) is 74.6 Å². The molecule has 396 valence electrons. The Morgan fingerprint density at radius 2 is 0.809 bits per heavy atom. The van der Waals surface area contributed by atoms with Crippen LogP contribution in [-0.2, 0) is 32.7 Å². The summed E-state index contributed by atoms with van der Waals surface area (Å²) >= 11 is 0. The van der Waals surface area contributed by atoms with E-state index in [4.69, 9.17) is 24.3 Å². The number of carbonyl (C=O) groups excluding carboxylic acids is 2. The number of phosphoric acid groups is 1. The number of ether oxygens (including phenoxy) is 2. The van der Waals surface area contributed by atoms with E-state index in [0.29, 0.717) is 6.42 Å². The molecular weight excluding hydrogens is 870 g/mol. The zero-order valence-electron chi connectivity index (χ0n) is 44.1. The first-order valence-electron chi connectivity index (χ1n) is 28.3. The van der Waals surface area contributed by atoms with Crippen molar-refractivity contribution in [2.45, 2.75) is 270 Å². The third-order valence-corrected chi connectivity index (χ3v) is 13.2. The van der Waals surface area contributed by atoms with E-state index in [-0.39, 0.29) is 38.6 Å². The lowest BCUT2D eigenvalue weighted by atomic mass is 10.0. The van der Waals surface area contributed by atoms with Crippen molar-refractivity contribution in [3.8, 4) is 0 Å². The maximum absolute atomic E-state index is 12.7. The average Bonchev–Trinajstić information content (AvgIpc) is 3.33. The summed E-state index contributed by atoms with van der Waals surface area (Å²) in [6.07, 6.45) is 67.0. The molecular formula is C58H106NO8P. The molecule has 0 bridgehead atoms. The van der Waals surface area contributed by atoms with Gasteiger partial charge in [-0.25, -0.2) is 4.57 Å². The van der Waals surface area contributed by atoms with Crippen LogP contribution in [0.2, 0.25) is 0 Å². The zero-order valence-corrected chi connectivity index (χ0v) is 45.0. The zero-order chi connectivity index (χ0) is 49.5. The van der Waals surface area contributed by atoms with Crippen LogP contribution in [0.15, 0.2) is 60.8 Å². The van der Waals surface area contributed by atoms with Crippen LogP contribution in [-0.4, -0.2) is 49.3 Å². The SMILES string of the molecule is CC/C=C\C/C=C\C/C=C\C/C=C\C/C=C\CCCCCCCCCCCC(=O)OC(COC(=O)CCCCCCCCCCCCCCCCCCCCCCCC)COP(=O)(O)OCCN. The van der Waals surface area contributed by atoms with Crippen molar-refractivity contribution < 1.29 is 37.6 Å². The minimum absolute atomic E-state index is 0.0515. The molecule has 0 heterocycles. The van der Waals surface area contributed by atoms with Gasteiger partial charge < -0.3 is 20.1 Å². The van der Waals surface area contributed by atoms with Gasteiger partial charge in [0, 0.05) is 19.4 Å². The van der Waals surface area contributed by atoms with Gasteiger partial charge >= 0.3 is 19.8 Å². The lowest BCUT2D eigenvalue weighted by molar-refractivity contribution is -0.161. The number of unbranched alkanes of at least 4 members (excludes halogenated alkanes) is 30. The molecule has 2 unspecified atom stereocenters. The summed E-state index contributed by atoms with van der Waals surface area (Å²) in [7, 11) is -4.39. The number of esters is 2. The molecule has 0 radical (unpaired) electrons. The number of nitrogens with two attached hydrogens (primary N) is 1. The van der Waals surface area contributed by atoms with Crippen molar-refractivity contribution in [3.63, 3.8) is 0 Å². The van der Waals surface area contributed by atoms with E-state index in [9.17, 15) is 19.0 Å². The molecule has 0 aliphatic rings. The van der Waals surface area contributed by atoms with Gasteiger partial charge in [-0.05, 0) is 57.8 Å². The van der Waals surface area contributed by atoms with E-state index in [1.165, 1.54) is 154 Å². The Balaban J connectivity index is 4.00. The minimum Gasteiger partial charge on any atom is -0.462 e. The first-order chi connectivity index (χ1) is 33.3. The first kappa shape index (κ1) is 65.7. The van der Waals surface area contributed by atoms with Crippen LogP contribution in [0.5, 0.6) is 0 Å². The third kappa shape index (κ3) is 53.1. The lowest BCUT2D eigenvalue weighted by Gasteiger charge is -2.19. The van der Waals surface area contributed by atoms with Crippen LogP contribution in [0.3, 0.4) is 0 Å². The van der Waals surface area contributed by atoms with Gasteiger partial charge in [0.15, 0.2) is 6.10 Å². The first-order valence-corrected chi connectivity index (χ1v) is 29.8. The molecule has 0 saturated heterocycles. The van der Waals surface area contributed by atoms with Crippen molar-refractivity contribution in [2.75, 3.05) is 26.4 Å². The van der Waals surface area contributed by atoms with Crippen molar-refractivity contribution in [1.29, 1.82) is 0 Å². The maximum Gasteiger partial charge on any atom is 0.472 e. The minimum atomic E-state index is -4.39. The van der Waals surface area contributed by atoms with Crippen LogP contribution >= 0.6 is 7.82 Å². The fourth-order valence-electron chi connectivity index (χ4n) is 8.02. The summed E-state index contributed by atoms with van der Waals surface area (Å²) in [6.45, 7) is 3.66. The van der Waals surface area contributed by atoms with Crippen LogP contribution in [0.4, 0.5) is 0 Å². The number of rotatable bonds is 53. The van der Waals surface area contributed by atoms with Gasteiger partial charge in [0.05, 0.1) is 13.2 Å². The lowest BCUT2D eigenvalue weighted by Crippen LogP contribution is -2.29. The molecule has 0 fully saturated rings. The Morgan fingerprint density at radius 3 is 1.21 bits per heavy atom.